The predicted octanol–water partition coefficient (Wildman–Crippen LogP) is 3.34. The van der Waals surface area contributed by atoms with Crippen LogP contribution in [0.4, 0.5) is 0 Å². The van der Waals surface area contributed by atoms with Crippen LogP contribution in [0.1, 0.15) is 17.4 Å². The molecule has 0 bridgehead atoms. The molecule has 0 N–H and O–H groups in total. The van der Waals surface area contributed by atoms with E-state index in [-0.39, 0.29) is 5.69 Å². The molecule has 0 aliphatic carbocycles. The Morgan fingerprint density at radius 2 is 2.05 bits per heavy atom. The van der Waals surface area contributed by atoms with Gasteiger partial charge >= 0.3 is 5.97 Å². The zero-order valence-electron chi connectivity index (χ0n) is 11.3. The van der Waals surface area contributed by atoms with Gasteiger partial charge in [0.1, 0.15) is 0 Å². The Bertz CT molecular complexity index is 796. The van der Waals surface area contributed by atoms with Crippen molar-refractivity contribution in [2.45, 2.75) is 6.92 Å². The summed E-state index contributed by atoms with van der Waals surface area (Å²) in [5.41, 5.74) is 2.63. The first-order valence-electron chi connectivity index (χ1n) is 6.47. The molecule has 1 aromatic carbocycles. The van der Waals surface area contributed by atoms with E-state index < -0.39 is 5.97 Å². The van der Waals surface area contributed by atoms with Crippen molar-refractivity contribution in [3.05, 3.63) is 52.8 Å². The van der Waals surface area contributed by atoms with Crippen molar-refractivity contribution in [1.82, 2.24) is 14.6 Å². The third kappa shape index (κ3) is 2.67. The predicted molar refractivity (Wildman–Crippen MR) is 82.1 cm³/mol. The molecule has 0 aliphatic rings. The minimum absolute atomic E-state index is 0.280. The van der Waals surface area contributed by atoms with Crippen LogP contribution in [0.3, 0.4) is 0 Å². The number of hydrogen-bond acceptors (Lipinski definition) is 4. The average molecular weight is 346 g/mol. The van der Waals surface area contributed by atoms with Crippen molar-refractivity contribution in [3.8, 4) is 11.3 Å². The zero-order valence-corrected chi connectivity index (χ0v) is 12.9. The van der Waals surface area contributed by atoms with Gasteiger partial charge in [0.05, 0.1) is 18.5 Å². The summed E-state index contributed by atoms with van der Waals surface area (Å²) >= 11 is 3.41. The van der Waals surface area contributed by atoms with E-state index in [9.17, 15) is 4.79 Å². The second-order valence-corrected chi connectivity index (χ2v) is 5.27. The molecule has 3 rings (SSSR count). The molecule has 0 spiro atoms. The van der Waals surface area contributed by atoms with Crippen LogP contribution in [0.2, 0.25) is 0 Å². The fourth-order valence-corrected chi connectivity index (χ4v) is 2.31. The summed E-state index contributed by atoms with van der Waals surface area (Å²) < 4.78 is 7.71. The van der Waals surface area contributed by atoms with Crippen molar-refractivity contribution in [3.63, 3.8) is 0 Å². The van der Waals surface area contributed by atoms with Crippen LogP contribution in [0.15, 0.2) is 47.1 Å². The molecular formula is C15H12BrN3O2. The summed E-state index contributed by atoms with van der Waals surface area (Å²) in [5, 5.41) is 4.25. The maximum atomic E-state index is 11.9. The second kappa shape index (κ2) is 5.65. The van der Waals surface area contributed by atoms with E-state index in [4.69, 9.17) is 4.74 Å². The number of rotatable bonds is 3. The molecule has 5 nitrogen and oxygen atoms in total. The highest BCUT2D eigenvalue weighted by Crippen LogP contribution is 2.23. The lowest BCUT2D eigenvalue weighted by molar-refractivity contribution is 0.0519. The van der Waals surface area contributed by atoms with Crippen LogP contribution in [-0.2, 0) is 4.74 Å². The molecule has 106 valence electrons. The minimum atomic E-state index is -0.431. The molecule has 0 saturated carbocycles. The first-order valence-corrected chi connectivity index (χ1v) is 7.26. The number of carbonyl (C=O) groups excluding carboxylic acids is 1. The van der Waals surface area contributed by atoms with Gasteiger partial charge in [0.2, 0.25) is 0 Å². The minimum Gasteiger partial charge on any atom is -0.461 e. The monoisotopic (exact) mass is 345 g/mol. The normalized spacial score (nSPS) is 10.8. The highest BCUT2D eigenvalue weighted by Gasteiger charge is 2.14. The van der Waals surface area contributed by atoms with Crippen molar-refractivity contribution >= 4 is 27.5 Å². The Morgan fingerprint density at radius 1 is 1.29 bits per heavy atom. The number of fused-ring (bicyclic) bond motifs is 1. The highest BCUT2D eigenvalue weighted by atomic mass is 79.9. The first kappa shape index (κ1) is 13.8. The fraction of sp³-hybridized carbons (Fsp3) is 0.133. The van der Waals surface area contributed by atoms with Gasteiger partial charge in [0.25, 0.3) is 0 Å². The maximum absolute atomic E-state index is 11.9. The summed E-state index contributed by atoms with van der Waals surface area (Å²) in [5.74, 6) is -0.431. The molecule has 0 aliphatic heterocycles. The summed E-state index contributed by atoms with van der Waals surface area (Å²) in [6.07, 6.45) is 1.65. The third-order valence-electron chi connectivity index (χ3n) is 2.98. The van der Waals surface area contributed by atoms with Crippen LogP contribution in [0, 0.1) is 0 Å². The van der Waals surface area contributed by atoms with Gasteiger partial charge in [-0.3, -0.25) is 0 Å². The maximum Gasteiger partial charge on any atom is 0.357 e. The van der Waals surface area contributed by atoms with Crippen LogP contribution in [0.5, 0.6) is 0 Å². The van der Waals surface area contributed by atoms with Gasteiger partial charge in [-0.15, -0.1) is 0 Å². The molecule has 0 amide bonds. The van der Waals surface area contributed by atoms with Gasteiger partial charge in [-0.05, 0) is 25.1 Å². The van der Waals surface area contributed by atoms with Crippen LogP contribution >= 0.6 is 15.9 Å². The molecule has 0 atom stereocenters. The van der Waals surface area contributed by atoms with Crippen LogP contribution < -0.4 is 0 Å². The Balaban J connectivity index is 2.18. The van der Waals surface area contributed by atoms with E-state index in [1.165, 1.54) is 0 Å². The van der Waals surface area contributed by atoms with Crippen molar-refractivity contribution in [2.24, 2.45) is 0 Å². The molecule has 0 unspecified atom stereocenters. The molecule has 3 aromatic rings. The lowest BCUT2D eigenvalue weighted by Gasteiger charge is -2.08. The van der Waals surface area contributed by atoms with Crippen molar-refractivity contribution in [2.75, 3.05) is 6.61 Å². The van der Waals surface area contributed by atoms with Crippen LogP contribution in [0.25, 0.3) is 16.9 Å². The number of esters is 1. The quantitative estimate of drug-likeness (QED) is 0.683. The topological polar surface area (TPSA) is 56.5 Å². The van der Waals surface area contributed by atoms with Gasteiger partial charge in [0.15, 0.2) is 11.3 Å². The molecule has 0 radical (unpaired) electrons. The van der Waals surface area contributed by atoms with E-state index in [0.717, 1.165) is 15.7 Å². The summed E-state index contributed by atoms with van der Waals surface area (Å²) in [6, 6.07) is 11.2. The standard InChI is InChI=1S/C15H12BrN3O2/c1-2-21-15(20)12-9-13(10-3-5-11(16)6-4-10)19-14(18-12)7-8-17-19/h3-9H,2H2,1H3. The molecule has 0 fully saturated rings. The summed E-state index contributed by atoms with van der Waals surface area (Å²) in [6.45, 7) is 2.09. The van der Waals surface area contributed by atoms with Crippen LogP contribution in [-0.4, -0.2) is 27.2 Å². The van der Waals surface area contributed by atoms with E-state index in [1.807, 2.05) is 24.3 Å². The Hall–Kier alpha value is -2.21. The number of nitrogens with zero attached hydrogens (tertiary/aromatic N) is 3. The number of hydrogen-bond donors (Lipinski definition) is 0. The third-order valence-corrected chi connectivity index (χ3v) is 3.51. The number of carbonyl (C=O) groups is 1. The Labute approximate surface area is 129 Å². The van der Waals surface area contributed by atoms with E-state index in [2.05, 4.69) is 26.0 Å². The Kier molecular flexibility index (Phi) is 3.70. The van der Waals surface area contributed by atoms with Gasteiger partial charge in [-0.2, -0.15) is 5.10 Å². The molecule has 0 saturated heterocycles. The number of ether oxygens (including phenoxy) is 1. The summed E-state index contributed by atoms with van der Waals surface area (Å²) in [4.78, 5) is 16.2. The van der Waals surface area contributed by atoms with Gasteiger partial charge < -0.3 is 4.74 Å². The molecular weight excluding hydrogens is 334 g/mol. The largest absolute Gasteiger partial charge is 0.461 e. The molecule has 2 aromatic heterocycles. The number of benzene rings is 1. The SMILES string of the molecule is CCOC(=O)c1cc(-c2ccc(Br)cc2)n2nccc2n1. The lowest BCUT2D eigenvalue weighted by atomic mass is 10.1. The molecule has 21 heavy (non-hydrogen) atoms. The van der Waals surface area contributed by atoms with Gasteiger partial charge in [-0.25, -0.2) is 14.3 Å². The fourth-order valence-electron chi connectivity index (χ4n) is 2.05. The van der Waals surface area contributed by atoms with E-state index in [0.29, 0.717) is 12.3 Å². The molecule has 6 heteroatoms. The number of aromatic nitrogens is 3. The van der Waals surface area contributed by atoms with Gasteiger partial charge in [0, 0.05) is 16.1 Å². The van der Waals surface area contributed by atoms with Crippen molar-refractivity contribution < 1.29 is 9.53 Å². The summed E-state index contributed by atoms with van der Waals surface area (Å²) in [7, 11) is 0. The lowest BCUT2D eigenvalue weighted by Crippen LogP contribution is -2.09. The van der Waals surface area contributed by atoms with E-state index >= 15 is 0 Å². The molecule has 2 heterocycles. The van der Waals surface area contributed by atoms with E-state index in [1.54, 1.807) is 29.8 Å². The first-order chi connectivity index (χ1) is 10.2. The van der Waals surface area contributed by atoms with Crippen molar-refractivity contribution in [1.29, 1.82) is 0 Å². The Morgan fingerprint density at radius 3 is 2.76 bits per heavy atom. The second-order valence-electron chi connectivity index (χ2n) is 4.36. The smallest absolute Gasteiger partial charge is 0.357 e. The average Bonchev–Trinajstić information content (AvgIpc) is 2.95. The number of halogens is 1. The van der Waals surface area contributed by atoms with Gasteiger partial charge in [-0.1, -0.05) is 28.1 Å². The highest BCUT2D eigenvalue weighted by molar-refractivity contribution is 9.10. The zero-order chi connectivity index (χ0) is 14.8.